The largest absolute Gasteiger partial charge is 0.370 e. The minimum Gasteiger partial charge on any atom is -0.370 e. The van der Waals surface area contributed by atoms with E-state index in [-0.39, 0.29) is 17.4 Å². The molecule has 3 rings (SSSR count). The van der Waals surface area contributed by atoms with Crippen LogP contribution in [0.15, 0.2) is 54.6 Å². The second-order valence-electron chi connectivity index (χ2n) is 5.95. The smallest absolute Gasteiger partial charge is 0.274 e. The summed E-state index contributed by atoms with van der Waals surface area (Å²) in [5, 5.41) is 6.54. The van der Waals surface area contributed by atoms with Gasteiger partial charge in [-0.25, -0.2) is 14.4 Å². The summed E-state index contributed by atoms with van der Waals surface area (Å²) in [6.07, 6.45) is 0.704. The van der Waals surface area contributed by atoms with Gasteiger partial charge in [0.25, 0.3) is 5.91 Å². The molecule has 3 aromatic rings. The van der Waals surface area contributed by atoms with Crippen molar-refractivity contribution in [2.75, 3.05) is 17.2 Å². The lowest BCUT2D eigenvalue weighted by Gasteiger charge is -2.09. The molecule has 0 aliphatic rings. The summed E-state index contributed by atoms with van der Waals surface area (Å²) in [5.74, 6) is 0.466. The number of carbonyl (C=O) groups is 1. The minimum absolute atomic E-state index is 0.255. The van der Waals surface area contributed by atoms with E-state index < -0.39 is 0 Å². The van der Waals surface area contributed by atoms with Crippen LogP contribution in [-0.4, -0.2) is 22.4 Å². The molecule has 138 valence electrons. The highest BCUT2D eigenvalue weighted by molar-refractivity contribution is 6.30. The van der Waals surface area contributed by atoms with E-state index in [1.54, 1.807) is 49.4 Å². The van der Waals surface area contributed by atoms with Crippen LogP contribution in [0.1, 0.15) is 21.9 Å². The van der Waals surface area contributed by atoms with Crippen LogP contribution in [0.4, 0.5) is 15.9 Å². The average Bonchev–Trinajstić information content (AvgIpc) is 2.65. The van der Waals surface area contributed by atoms with E-state index in [4.69, 9.17) is 11.6 Å². The number of nitrogens with one attached hydrogen (secondary N) is 2. The van der Waals surface area contributed by atoms with Crippen molar-refractivity contribution < 1.29 is 9.18 Å². The maximum atomic E-state index is 12.9. The summed E-state index contributed by atoms with van der Waals surface area (Å²) in [7, 11) is 0. The molecule has 2 aromatic carbocycles. The molecule has 2 N–H and O–H groups in total. The fourth-order valence-electron chi connectivity index (χ4n) is 2.49. The molecular weight excluding hydrogens is 367 g/mol. The Morgan fingerprint density at radius 2 is 1.78 bits per heavy atom. The van der Waals surface area contributed by atoms with E-state index in [1.807, 2.05) is 0 Å². The molecular formula is C20H18ClFN4O. The highest BCUT2D eigenvalue weighted by Crippen LogP contribution is 2.15. The van der Waals surface area contributed by atoms with E-state index in [0.29, 0.717) is 35.3 Å². The lowest BCUT2D eigenvalue weighted by Crippen LogP contribution is -2.16. The zero-order chi connectivity index (χ0) is 19.2. The summed E-state index contributed by atoms with van der Waals surface area (Å²) in [5.41, 5.74) is 1.91. The number of amides is 1. The molecule has 0 fully saturated rings. The number of halogens is 2. The number of hydrogen-bond donors (Lipinski definition) is 2. The van der Waals surface area contributed by atoms with Crippen molar-refractivity contribution >= 4 is 29.0 Å². The predicted octanol–water partition coefficient (Wildman–Crippen LogP) is 4.48. The fraction of sp³-hybridized carbons (Fsp3) is 0.150. The van der Waals surface area contributed by atoms with Crippen LogP contribution in [0, 0.1) is 12.7 Å². The molecule has 7 heteroatoms. The molecule has 0 aliphatic carbocycles. The summed E-state index contributed by atoms with van der Waals surface area (Å²) in [6, 6.07) is 14.8. The van der Waals surface area contributed by atoms with Gasteiger partial charge in [0.15, 0.2) is 0 Å². The first-order valence-electron chi connectivity index (χ1n) is 8.40. The number of hydrogen-bond acceptors (Lipinski definition) is 4. The Hall–Kier alpha value is -2.99. The SMILES string of the molecule is Cc1nc(NCCc2ccc(F)cc2)cc(C(=O)Nc2ccc(Cl)cc2)n1. The third kappa shape index (κ3) is 5.49. The van der Waals surface area contributed by atoms with Gasteiger partial charge in [-0.1, -0.05) is 23.7 Å². The Bertz CT molecular complexity index is 930. The molecule has 0 saturated carbocycles. The first kappa shape index (κ1) is 18.8. The average molecular weight is 385 g/mol. The number of aryl methyl sites for hydroxylation is 1. The van der Waals surface area contributed by atoms with Crippen molar-refractivity contribution in [3.8, 4) is 0 Å². The summed E-state index contributed by atoms with van der Waals surface area (Å²) in [4.78, 5) is 20.9. The number of benzene rings is 2. The molecule has 0 aliphatic heterocycles. The molecule has 0 unspecified atom stereocenters. The van der Waals surface area contributed by atoms with E-state index >= 15 is 0 Å². The monoisotopic (exact) mass is 384 g/mol. The van der Waals surface area contributed by atoms with Crippen LogP contribution >= 0.6 is 11.6 Å². The molecule has 27 heavy (non-hydrogen) atoms. The fourth-order valence-corrected chi connectivity index (χ4v) is 2.61. The van der Waals surface area contributed by atoms with Gasteiger partial charge in [0.05, 0.1) is 0 Å². The van der Waals surface area contributed by atoms with E-state index in [9.17, 15) is 9.18 Å². The third-order valence-electron chi connectivity index (χ3n) is 3.81. The van der Waals surface area contributed by atoms with Crippen molar-refractivity contribution in [3.63, 3.8) is 0 Å². The highest BCUT2D eigenvalue weighted by Gasteiger charge is 2.11. The zero-order valence-electron chi connectivity index (χ0n) is 14.7. The van der Waals surface area contributed by atoms with Crippen LogP contribution < -0.4 is 10.6 Å². The molecule has 1 heterocycles. The molecule has 5 nitrogen and oxygen atoms in total. The van der Waals surface area contributed by atoms with Crippen LogP contribution in [0.2, 0.25) is 5.02 Å². The highest BCUT2D eigenvalue weighted by atomic mass is 35.5. The Morgan fingerprint density at radius 1 is 1.07 bits per heavy atom. The van der Waals surface area contributed by atoms with Gasteiger partial charge in [0.2, 0.25) is 0 Å². The number of aromatic nitrogens is 2. The maximum Gasteiger partial charge on any atom is 0.274 e. The van der Waals surface area contributed by atoms with E-state index in [0.717, 1.165) is 5.56 Å². The number of anilines is 2. The Kier molecular flexibility index (Phi) is 5.98. The van der Waals surface area contributed by atoms with Crippen molar-refractivity contribution in [3.05, 3.63) is 82.5 Å². The normalized spacial score (nSPS) is 10.5. The molecule has 0 saturated heterocycles. The van der Waals surface area contributed by atoms with Crippen LogP contribution in [0.3, 0.4) is 0 Å². The Labute approximate surface area is 161 Å². The van der Waals surface area contributed by atoms with Gasteiger partial charge in [0, 0.05) is 23.3 Å². The first-order chi connectivity index (χ1) is 13.0. The van der Waals surface area contributed by atoms with Crippen molar-refractivity contribution in [2.45, 2.75) is 13.3 Å². The van der Waals surface area contributed by atoms with Crippen LogP contribution in [0.25, 0.3) is 0 Å². The lowest BCUT2D eigenvalue weighted by molar-refractivity contribution is 0.102. The topological polar surface area (TPSA) is 66.9 Å². The minimum atomic E-state index is -0.329. The van der Waals surface area contributed by atoms with E-state index in [1.165, 1.54) is 12.1 Å². The zero-order valence-corrected chi connectivity index (χ0v) is 15.4. The van der Waals surface area contributed by atoms with Crippen molar-refractivity contribution in [2.24, 2.45) is 0 Å². The molecule has 0 bridgehead atoms. The molecule has 0 atom stereocenters. The van der Waals surface area contributed by atoms with Crippen molar-refractivity contribution in [1.82, 2.24) is 9.97 Å². The maximum absolute atomic E-state index is 12.9. The number of nitrogens with zero attached hydrogens (tertiary/aromatic N) is 2. The van der Waals surface area contributed by atoms with Gasteiger partial charge in [-0.05, 0) is 55.3 Å². The molecule has 0 spiro atoms. The van der Waals surface area contributed by atoms with Gasteiger partial charge >= 0.3 is 0 Å². The molecule has 0 radical (unpaired) electrons. The lowest BCUT2D eigenvalue weighted by atomic mass is 10.1. The van der Waals surface area contributed by atoms with Gasteiger partial charge in [-0.3, -0.25) is 4.79 Å². The predicted molar refractivity (Wildman–Crippen MR) is 105 cm³/mol. The van der Waals surface area contributed by atoms with Gasteiger partial charge in [-0.15, -0.1) is 0 Å². The summed E-state index contributed by atoms with van der Waals surface area (Å²) < 4.78 is 12.9. The van der Waals surface area contributed by atoms with Crippen LogP contribution in [0.5, 0.6) is 0 Å². The third-order valence-corrected chi connectivity index (χ3v) is 4.06. The quantitative estimate of drug-likeness (QED) is 0.657. The molecule has 1 amide bonds. The van der Waals surface area contributed by atoms with Crippen molar-refractivity contribution in [1.29, 1.82) is 0 Å². The van der Waals surface area contributed by atoms with Gasteiger partial charge < -0.3 is 10.6 Å². The second kappa shape index (κ2) is 8.60. The summed E-state index contributed by atoms with van der Waals surface area (Å²) >= 11 is 5.85. The number of rotatable bonds is 6. The number of carbonyl (C=O) groups excluding carboxylic acids is 1. The first-order valence-corrected chi connectivity index (χ1v) is 8.78. The standard InChI is InChI=1S/C20H18ClFN4O/c1-13-24-18(20(27)26-17-8-4-15(21)5-9-17)12-19(25-13)23-11-10-14-2-6-16(22)7-3-14/h2-9,12H,10-11H2,1H3,(H,26,27)(H,23,24,25). The van der Waals surface area contributed by atoms with Gasteiger partial charge in [0.1, 0.15) is 23.2 Å². The Balaban J connectivity index is 1.63. The van der Waals surface area contributed by atoms with E-state index in [2.05, 4.69) is 20.6 Å². The molecule has 1 aromatic heterocycles. The van der Waals surface area contributed by atoms with Crippen LogP contribution in [-0.2, 0) is 6.42 Å². The summed E-state index contributed by atoms with van der Waals surface area (Å²) in [6.45, 7) is 2.32. The second-order valence-corrected chi connectivity index (χ2v) is 6.39. The Morgan fingerprint density at radius 3 is 2.48 bits per heavy atom. The van der Waals surface area contributed by atoms with Gasteiger partial charge in [-0.2, -0.15) is 0 Å².